The topological polar surface area (TPSA) is 63.4 Å². The van der Waals surface area contributed by atoms with E-state index in [2.05, 4.69) is 6.58 Å². The molecule has 0 spiro atoms. The van der Waals surface area contributed by atoms with E-state index >= 15 is 0 Å². The van der Waals surface area contributed by atoms with Gasteiger partial charge < -0.3 is 5.73 Å². The summed E-state index contributed by atoms with van der Waals surface area (Å²) < 4.78 is 39.8. The molecular weight excluding hydrogens is 291 g/mol. The molecule has 0 saturated heterocycles. The Hall–Kier alpha value is -1.11. The Morgan fingerprint density at radius 1 is 1.53 bits per heavy atom. The molecule has 0 atom stereocenters. The minimum atomic E-state index is -3.98. The summed E-state index contributed by atoms with van der Waals surface area (Å²) in [6.45, 7) is 5.69. The fourth-order valence-electron chi connectivity index (χ4n) is 1.61. The predicted molar refractivity (Wildman–Crippen MR) is 75.1 cm³/mol. The van der Waals surface area contributed by atoms with E-state index in [-0.39, 0.29) is 23.8 Å². The smallest absolute Gasteiger partial charge is 0.246 e. The fourth-order valence-corrected chi connectivity index (χ4v) is 3.52. The van der Waals surface area contributed by atoms with Crippen molar-refractivity contribution < 1.29 is 12.8 Å². The van der Waals surface area contributed by atoms with Gasteiger partial charge in [0.25, 0.3) is 0 Å². The van der Waals surface area contributed by atoms with Gasteiger partial charge in [-0.15, -0.1) is 6.58 Å². The van der Waals surface area contributed by atoms with Crippen molar-refractivity contribution in [1.82, 2.24) is 4.31 Å². The third-order valence-electron chi connectivity index (χ3n) is 2.44. The van der Waals surface area contributed by atoms with Crippen LogP contribution in [0.3, 0.4) is 0 Å². The number of anilines is 1. The van der Waals surface area contributed by atoms with Crippen LogP contribution in [0.1, 0.15) is 13.3 Å². The number of benzene rings is 1. The summed E-state index contributed by atoms with van der Waals surface area (Å²) in [5.74, 6) is -0.985. The van der Waals surface area contributed by atoms with E-state index in [9.17, 15) is 12.8 Å². The van der Waals surface area contributed by atoms with Gasteiger partial charge in [0.15, 0.2) is 5.82 Å². The Morgan fingerprint density at radius 2 is 2.16 bits per heavy atom. The van der Waals surface area contributed by atoms with Gasteiger partial charge in [0, 0.05) is 18.8 Å². The Balaban J connectivity index is 3.36. The predicted octanol–water partition coefficient (Wildman–Crippen LogP) is 2.65. The van der Waals surface area contributed by atoms with E-state index in [1.165, 1.54) is 12.1 Å². The lowest BCUT2D eigenvalue weighted by Crippen LogP contribution is -2.32. The highest BCUT2D eigenvalue weighted by molar-refractivity contribution is 7.89. The molecular formula is C12H16ClFN2O2S. The van der Waals surface area contributed by atoms with Crippen LogP contribution in [0.2, 0.25) is 5.02 Å². The Labute approximate surface area is 117 Å². The number of halogens is 2. The molecule has 0 heterocycles. The molecule has 0 unspecified atom stereocenters. The van der Waals surface area contributed by atoms with E-state index in [0.29, 0.717) is 6.42 Å². The molecule has 0 aliphatic carbocycles. The number of rotatable bonds is 6. The molecule has 1 aromatic carbocycles. The van der Waals surface area contributed by atoms with Crippen molar-refractivity contribution in [2.75, 3.05) is 18.8 Å². The first kappa shape index (κ1) is 15.9. The maximum atomic E-state index is 13.9. The summed E-state index contributed by atoms with van der Waals surface area (Å²) in [4.78, 5) is -0.507. The van der Waals surface area contributed by atoms with Crippen molar-refractivity contribution in [3.63, 3.8) is 0 Å². The van der Waals surface area contributed by atoms with Gasteiger partial charge in [-0.3, -0.25) is 0 Å². The van der Waals surface area contributed by atoms with Gasteiger partial charge in [-0.25, -0.2) is 12.8 Å². The third kappa shape index (κ3) is 3.46. The molecule has 0 amide bonds. The molecule has 0 saturated carbocycles. The van der Waals surface area contributed by atoms with Crippen molar-refractivity contribution in [3.8, 4) is 0 Å². The number of nitrogen functional groups attached to an aromatic ring is 1. The minimum Gasteiger partial charge on any atom is -0.399 e. The zero-order valence-corrected chi connectivity index (χ0v) is 12.1. The summed E-state index contributed by atoms with van der Waals surface area (Å²) in [5, 5.41) is -0.311. The van der Waals surface area contributed by atoms with Crippen molar-refractivity contribution in [2.45, 2.75) is 18.2 Å². The zero-order valence-electron chi connectivity index (χ0n) is 10.6. The molecule has 2 N–H and O–H groups in total. The summed E-state index contributed by atoms with van der Waals surface area (Å²) in [7, 11) is -3.98. The molecule has 0 aliphatic heterocycles. The Morgan fingerprint density at radius 3 is 2.68 bits per heavy atom. The monoisotopic (exact) mass is 306 g/mol. The summed E-state index contributed by atoms with van der Waals surface area (Å²) in [6.07, 6.45) is 2.05. The average molecular weight is 307 g/mol. The summed E-state index contributed by atoms with van der Waals surface area (Å²) in [5.41, 5.74) is 5.62. The van der Waals surface area contributed by atoms with Crippen LogP contribution in [0.15, 0.2) is 29.7 Å². The lowest BCUT2D eigenvalue weighted by atomic mass is 10.3. The van der Waals surface area contributed by atoms with E-state index in [4.69, 9.17) is 17.3 Å². The maximum Gasteiger partial charge on any atom is 0.246 e. The molecule has 1 rings (SSSR count). The Kier molecular flexibility index (Phi) is 5.34. The van der Waals surface area contributed by atoms with Crippen LogP contribution in [0.5, 0.6) is 0 Å². The first-order valence-corrected chi connectivity index (χ1v) is 7.52. The highest BCUT2D eigenvalue weighted by atomic mass is 35.5. The van der Waals surface area contributed by atoms with E-state index in [1.54, 1.807) is 0 Å². The van der Waals surface area contributed by atoms with Crippen molar-refractivity contribution in [3.05, 3.63) is 35.6 Å². The molecule has 0 radical (unpaired) electrons. The first-order valence-electron chi connectivity index (χ1n) is 5.70. The van der Waals surface area contributed by atoms with Crippen molar-refractivity contribution in [1.29, 1.82) is 0 Å². The normalized spacial score (nSPS) is 11.8. The van der Waals surface area contributed by atoms with Crippen LogP contribution < -0.4 is 5.73 Å². The fraction of sp³-hybridized carbons (Fsp3) is 0.333. The third-order valence-corrected chi connectivity index (χ3v) is 4.58. The molecule has 0 aromatic heterocycles. The standard InChI is InChI=1S/C12H16ClFN2O2S/c1-3-5-16(6-4-2)19(17,18)11-8-9(15)7-10(13)12(11)14/h3,7-8H,1,4-6,15H2,2H3. The number of hydrogen-bond acceptors (Lipinski definition) is 3. The number of hydrogen-bond donors (Lipinski definition) is 1. The maximum absolute atomic E-state index is 13.9. The van der Waals surface area contributed by atoms with Gasteiger partial charge >= 0.3 is 0 Å². The molecule has 0 fully saturated rings. The first-order chi connectivity index (χ1) is 8.84. The van der Waals surface area contributed by atoms with Crippen LogP contribution in [0.4, 0.5) is 10.1 Å². The van der Waals surface area contributed by atoms with E-state index < -0.39 is 20.7 Å². The van der Waals surface area contributed by atoms with Crippen LogP contribution >= 0.6 is 11.6 Å². The molecule has 0 aliphatic rings. The van der Waals surface area contributed by atoms with Crippen LogP contribution in [-0.4, -0.2) is 25.8 Å². The molecule has 7 heteroatoms. The second kappa shape index (κ2) is 6.36. The lowest BCUT2D eigenvalue weighted by Gasteiger charge is -2.20. The quantitative estimate of drug-likeness (QED) is 0.649. The van der Waals surface area contributed by atoms with Gasteiger partial charge in [-0.1, -0.05) is 24.6 Å². The number of nitrogens with zero attached hydrogens (tertiary/aromatic N) is 1. The lowest BCUT2D eigenvalue weighted by molar-refractivity contribution is 0.436. The van der Waals surface area contributed by atoms with Gasteiger partial charge in [-0.05, 0) is 18.6 Å². The van der Waals surface area contributed by atoms with Gasteiger partial charge in [0.05, 0.1) is 5.02 Å². The zero-order chi connectivity index (χ0) is 14.6. The molecule has 106 valence electrons. The molecule has 4 nitrogen and oxygen atoms in total. The van der Waals surface area contributed by atoms with E-state index in [0.717, 1.165) is 10.4 Å². The van der Waals surface area contributed by atoms with Gasteiger partial charge in [0.1, 0.15) is 4.90 Å². The van der Waals surface area contributed by atoms with Crippen molar-refractivity contribution in [2.24, 2.45) is 0 Å². The second-order valence-electron chi connectivity index (χ2n) is 3.97. The van der Waals surface area contributed by atoms with E-state index in [1.807, 2.05) is 6.92 Å². The summed E-state index contributed by atoms with van der Waals surface area (Å²) in [6, 6.07) is 2.25. The van der Waals surface area contributed by atoms with Gasteiger partial charge in [-0.2, -0.15) is 4.31 Å². The van der Waals surface area contributed by atoms with Crippen LogP contribution in [0.25, 0.3) is 0 Å². The minimum absolute atomic E-state index is 0.0972. The van der Waals surface area contributed by atoms with Gasteiger partial charge in [0.2, 0.25) is 10.0 Å². The van der Waals surface area contributed by atoms with Crippen LogP contribution in [0, 0.1) is 5.82 Å². The van der Waals surface area contributed by atoms with Crippen LogP contribution in [-0.2, 0) is 10.0 Å². The Bertz CT molecular complexity index is 575. The molecule has 19 heavy (non-hydrogen) atoms. The summed E-state index contributed by atoms with van der Waals surface area (Å²) >= 11 is 5.63. The largest absolute Gasteiger partial charge is 0.399 e. The van der Waals surface area contributed by atoms with Crippen molar-refractivity contribution >= 4 is 27.3 Å². The second-order valence-corrected chi connectivity index (χ2v) is 6.28. The molecule has 1 aromatic rings. The highest BCUT2D eigenvalue weighted by Gasteiger charge is 2.27. The number of nitrogens with two attached hydrogens (primary N) is 1. The highest BCUT2D eigenvalue weighted by Crippen LogP contribution is 2.28. The average Bonchev–Trinajstić information content (AvgIpc) is 2.33. The SMILES string of the molecule is C=CCN(CCC)S(=O)(=O)c1cc(N)cc(Cl)c1F. The number of sulfonamides is 1. The molecule has 0 bridgehead atoms.